The number of hydrogen-bond donors (Lipinski definition) is 2. The number of amides is 1. The van der Waals surface area contributed by atoms with E-state index in [1.54, 1.807) is 4.90 Å². The Hall–Kier alpha value is -0.610. The van der Waals surface area contributed by atoms with Crippen molar-refractivity contribution in [2.75, 3.05) is 26.7 Å². The van der Waals surface area contributed by atoms with E-state index in [1.807, 2.05) is 7.05 Å². The van der Waals surface area contributed by atoms with Crippen LogP contribution in [0, 0.1) is 5.92 Å². The van der Waals surface area contributed by atoms with Gasteiger partial charge in [0, 0.05) is 19.5 Å². The smallest absolute Gasteiger partial charge is 0.225 e. The van der Waals surface area contributed by atoms with E-state index in [0.717, 1.165) is 25.8 Å². The Kier molecular flexibility index (Phi) is 4.62. The molecule has 0 radical (unpaired) electrons. The molecule has 1 heterocycles. The Morgan fingerprint density at radius 2 is 2.00 bits per heavy atom. The molecule has 18 heavy (non-hydrogen) atoms. The van der Waals surface area contributed by atoms with Gasteiger partial charge in [-0.05, 0) is 25.8 Å². The zero-order valence-corrected chi connectivity index (χ0v) is 11.5. The molecule has 0 aromatic rings. The van der Waals surface area contributed by atoms with Crippen molar-refractivity contribution in [1.82, 2.24) is 10.2 Å². The average molecular weight is 254 g/mol. The van der Waals surface area contributed by atoms with E-state index in [1.165, 1.54) is 25.7 Å². The Morgan fingerprint density at radius 3 is 2.56 bits per heavy atom. The molecular weight excluding hydrogens is 228 g/mol. The van der Waals surface area contributed by atoms with Gasteiger partial charge in [-0.15, -0.1) is 0 Å². The number of β-amino-alcohol motifs (C(OH)–C–C–N with tert-alkyl or cyclic N) is 1. The van der Waals surface area contributed by atoms with Crippen molar-refractivity contribution in [3.63, 3.8) is 0 Å². The van der Waals surface area contributed by atoms with Crippen molar-refractivity contribution >= 4 is 5.91 Å². The zero-order valence-electron chi connectivity index (χ0n) is 11.5. The molecule has 1 aliphatic carbocycles. The summed E-state index contributed by atoms with van der Waals surface area (Å²) < 4.78 is 0. The summed E-state index contributed by atoms with van der Waals surface area (Å²) in [5, 5.41) is 13.5. The van der Waals surface area contributed by atoms with Crippen LogP contribution < -0.4 is 5.32 Å². The second-order valence-corrected chi connectivity index (χ2v) is 6.03. The number of nitrogens with one attached hydrogen (secondary N) is 1. The van der Waals surface area contributed by atoms with E-state index in [4.69, 9.17) is 0 Å². The summed E-state index contributed by atoms with van der Waals surface area (Å²) in [4.78, 5) is 14.1. The largest absolute Gasteiger partial charge is 0.387 e. The summed E-state index contributed by atoms with van der Waals surface area (Å²) in [5.41, 5.74) is -0.713. The fourth-order valence-corrected chi connectivity index (χ4v) is 3.22. The first kappa shape index (κ1) is 13.8. The molecule has 1 saturated heterocycles. The third-order valence-corrected chi connectivity index (χ3v) is 4.33. The Labute approximate surface area is 110 Å². The third-order valence-electron chi connectivity index (χ3n) is 4.33. The van der Waals surface area contributed by atoms with Crippen molar-refractivity contribution < 1.29 is 9.90 Å². The predicted octanol–water partition coefficient (Wildman–Crippen LogP) is 1.14. The maximum atomic E-state index is 12.4. The summed E-state index contributed by atoms with van der Waals surface area (Å²) in [5.74, 6) is 0.424. The molecule has 0 aromatic carbocycles. The van der Waals surface area contributed by atoms with E-state index < -0.39 is 5.60 Å². The molecule has 2 aliphatic rings. The van der Waals surface area contributed by atoms with Crippen LogP contribution in [-0.2, 0) is 4.79 Å². The molecule has 1 amide bonds. The van der Waals surface area contributed by atoms with Crippen LogP contribution in [0.3, 0.4) is 0 Å². The molecule has 0 aromatic heterocycles. The van der Waals surface area contributed by atoms with Crippen LogP contribution in [0.15, 0.2) is 0 Å². The van der Waals surface area contributed by atoms with Crippen LogP contribution in [0.4, 0.5) is 0 Å². The molecule has 2 rings (SSSR count). The lowest BCUT2D eigenvalue weighted by Gasteiger charge is -2.30. The van der Waals surface area contributed by atoms with Crippen LogP contribution >= 0.6 is 0 Å². The summed E-state index contributed by atoms with van der Waals surface area (Å²) in [6, 6.07) is 0. The Bertz CT molecular complexity index is 280. The van der Waals surface area contributed by atoms with Gasteiger partial charge in [-0.25, -0.2) is 0 Å². The van der Waals surface area contributed by atoms with E-state index in [0.29, 0.717) is 13.1 Å². The van der Waals surface area contributed by atoms with Crippen LogP contribution in [0.5, 0.6) is 0 Å². The molecule has 1 unspecified atom stereocenters. The first-order chi connectivity index (χ1) is 8.61. The minimum Gasteiger partial charge on any atom is -0.387 e. The van der Waals surface area contributed by atoms with Gasteiger partial charge in [0.15, 0.2) is 0 Å². The van der Waals surface area contributed by atoms with Gasteiger partial charge in [0.2, 0.25) is 5.91 Å². The van der Waals surface area contributed by atoms with Gasteiger partial charge in [-0.3, -0.25) is 4.79 Å². The minimum atomic E-state index is -0.713. The van der Waals surface area contributed by atoms with E-state index in [2.05, 4.69) is 5.32 Å². The van der Waals surface area contributed by atoms with Gasteiger partial charge in [0.05, 0.1) is 12.1 Å². The number of carbonyl (C=O) groups is 1. The second-order valence-electron chi connectivity index (χ2n) is 6.03. The summed E-state index contributed by atoms with van der Waals surface area (Å²) >= 11 is 0. The van der Waals surface area contributed by atoms with Crippen molar-refractivity contribution in [2.24, 2.45) is 5.92 Å². The van der Waals surface area contributed by atoms with Crippen molar-refractivity contribution in [3.8, 4) is 0 Å². The topological polar surface area (TPSA) is 52.6 Å². The van der Waals surface area contributed by atoms with Gasteiger partial charge < -0.3 is 15.3 Å². The van der Waals surface area contributed by atoms with E-state index in [-0.39, 0.29) is 11.8 Å². The molecular formula is C14H26N2O2. The van der Waals surface area contributed by atoms with Crippen molar-refractivity contribution in [3.05, 3.63) is 0 Å². The van der Waals surface area contributed by atoms with Gasteiger partial charge in [0.25, 0.3) is 0 Å². The maximum Gasteiger partial charge on any atom is 0.225 e. The lowest BCUT2D eigenvalue weighted by atomic mass is 9.97. The fraction of sp³-hybridized carbons (Fsp3) is 0.929. The quantitative estimate of drug-likeness (QED) is 0.743. The molecule has 1 atom stereocenters. The molecule has 0 spiro atoms. The van der Waals surface area contributed by atoms with Gasteiger partial charge in [-0.2, -0.15) is 0 Å². The number of nitrogens with zero attached hydrogens (tertiary/aromatic N) is 1. The standard InChI is InChI=1S/C14H26N2O2/c1-16(11-14(18)8-9-15-10-14)13(17)12-6-4-2-3-5-7-12/h12,15,18H,2-11H2,1H3. The highest BCUT2D eigenvalue weighted by Crippen LogP contribution is 2.25. The van der Waals surface area contributed by atoms with E-state index >= 15 is 0 Å². The van der Waals surface area contributed by atoms with Crippen LogP contribution in [0.1, 0.15) is 44.9 Å². The highest BCUT2D eigenvalue weighted by atomic mass is 16.3. The first-order valence-corrected chi connectivity index (χ1v) is 7.29. The fourth-order valence-electron chi connectivity index (χ4n) is 3.22. The molecule has 4 heteroatoms. The second kappa shape index (κ2) is 6.02. The normalized spacial score (nSPS) is 30.1. The number of likely N-dealkylation sites (N-methyl/N-ethyl adjacent to an activating group) is 1. The van der Waals surface area contributed by atoms with Crippen molar-refractivity contribution in [1.29, 1.82) is 0 Å². The number of hydrogen-bond acceptors (Lipinski definition) is 3. The van der Waals surface area contributed by atoms with Crippen LogP contribution in [0.2, 0.25) is 0 Å². The van der Waals surface area contributed by atoms with Crippen LogP contribution in [-0.4, -0.2) is 48.2 Å². The SMILES string of the molecule is CN(CC1(O)CCNC1)C(=O)C1CCCCCC1. The average Bonchev–Trinajstić information content (AvgIpc) is 2.63. The van der Waals surface area contributed by atoms with E-state index in [9.17, 15) is 9.90 Å². The Balaban J connectivity index is 1.87. The number of rotatable bonds is 3. The van der Waals surface area contributed by atoms with Crippen molar-refractivity contribution in [2.45, 2.75) is 50.5 Å². The lowest BCUT2D eigenvalue weighted by molar-refractivity contribution is -0.137. The maximum absolute atomic E-state index is 12.4. The van der Waals surface area contributed by atoms with Gasteiger partial charge in [0.1, 0.15) is 0 Å². The van der Waals surface area contributed by atoms with Gasteiger partial charge in [-0.1, -0.05) is 25.7 Å². The molecule has 104 valence electrons. The molecule has 1 aliphatic heterocycles. The van der Waals surface area contributed by atoms with Crippen LogP contribution in [0.25, 0.3) is 0 Å². The molecule has 4 nitrogen and oxygen atoms in total. The summed E-state index contributed by atoms with van der Waals surface area (Å²) in [7, 11) is 1.84. The third kappa shape index (κ3) is 3.45. The number of aliphatic hydroxyl groups is 1. The molecule has 0 bridgehead atoms. The first-order valence-electron chi connectivity index (χ1n) is 7.29. The Morgan fingerprint density at radius 1 is 1.33 bits per heavy atom. The molecule has 2 fully saturated rings. The lowest BCUT2D eigenvalue weighted by Crippen LogP contribution is -2.46. The molecule has 2 N–H and O–H groups in total. The minimum absolute atomic E-state index is 0.190. The highest BCUT2D eigenvalue weighted by molar-refractivity contribution is 5.78. The number of carbonyl (C=O) groups excluding carboxylic acids is 1. The summed E-state index contributed by atoms with van der Waals surface area (Å²) in [6.45, 7) is 1.92. The summed E-state index contributed by atoms with van der Waals surface area (Å²) in [6.07, 6.45) is 7.68. The molecule has 1 saturated carbocycles. The highest BCUT2D eigenvalue weighted by Gasteiger charge is 2.34. The predicted molar refractivity (Wildman–Crippen MR) is 71.3 cm³/mol. The monoisotopic (exact) mass is 254 g/mol. The zero-order chi connectivity index (χ0) is 13.0. The van der Waals surface area contributed by atoms with Gasteiger partial charge >= 0.3 is 0 Å².